The van der Waals surface area contributed by atoms with Gasteiger partial charge in [0.1, 0.15) is 0 Å². The van der Waals surface area contributed by atoms with Gasteiger partial charge in [0.15, 0.2) is 23.1 Å². The molecule has 12 aromatic rings. The van der Waals surface area contributed by atoms with Gasteiger partial charge in [-0.3, -0.25) is 19.2 Å². The second kappa shape index (κ2) is 27.6. The molecule has 0 spiro atoms. The summed E-state index contributed by atoms with van der Waals surface area (Å²) in [7, 11) is 0. The van der Waals surface area contributed by atoms with Crippen LogP contribution in [0.1, 0.15) is 126 Å². The number of hydrogen-bond donors (Lipinski definition) is 0. The number of carbonyl (C=O) groups excluding carboxylic acids is 4. The molecule has 6 aliphatic rings. The van der Waals surface area contributed by atoms with Gasteiger partial charge >= 0.3 is 39.0 Å². The number of aromatic nitrogens is 8. The summed E-state index contributed by atoms with van der Waals surface area (Å²) in [5, 5.41) is 0. The van der Waals surface area contributed by atoms with Crippen molar-refractivity contribution in [1.82, 2.24) is 39.9 Å². The van der Waals surface area contributed by atoms with E-state index in [0.717, 1.165) is 22.3 Å². The van der Waals surface area contributed by atoms with E-state index in [9.17, 15) is 9.59 Å². The van der Waals surface area contributed by atoms with Gasteiger partial charge in [0.05, 0.1) is 68.9 Å². The maximum atomic E-state index is 15.4. The van der Waals surface area contributed by atoms with Crippen LogP contribution in [-0.4, -0.2) is 55.3 Å². The van der Waals surface area contributed by atoms with Crippen LogP contribution in [0.2, 0.25) is 0 Å². The minimum atomic E-state index is -0.477. The van der Waals surface area contributed by atoms with Crippen LogP contribution in [-0.2, 0) is 48.4 Å². The van der Waals surface area contributed by atoms with E-state index in [-0.39, 0.29) is 83.9 Å². The molecule has 0 fully saturated rings. The van der Waals surface area contributed by atoms with Gasteiger partial charge < -0.3 is 29.4 Å². The Bertz CT molecular complexity index is 5850. The first kappa shape index (κ1) is 68.0. The molecule has 0 amide bonds. The van der Waals surface area contributed by atoms with E-state index in [1.54, 1.807) is 48.5 Å². The topological polar surface area (TPSA) is 195 Å². The quantitative estimate of drug-likeness (QED) is 0.111. The summed E-state index contributed by atoms with van der Waals surface area (Å²) in [6.45, 7) is 7.32. The molecule has 0 N–H and O–H groups in total. The number of allylic oxidation sites excluding steroid dienone is 4. The second-order valence-corrected chi connectivity index (χ2v) is 26.3. The van der Waals surface area contributed by atoms with E-state index in [2.05, 4.69) is 0 Å². The van der Waals surface area contributed by atoms with Crippen LogP contribution in [0.3, 0.4) is 0 Å². The van der Waals surface area contributed by atoms with E-state index in [0.29, 0.717) is 134 Å². The number of fused-ring (bicyclic) bond motifs is 18. The monoisotopic (exact) mass is 1470 g/mol. The Hall–Kier alpha value is -12.5. The number of ether oxygens (including phenoxy) is 2. The van der Waals surface area contributed by atoms with E-state index in [1.165, 1.54) is 0 Å². The molecule has 18 rings (SSSR count). The van der Waals surface area contributed by atoms with Crippen LogP contribution in [0.5, 0.6) is 0 Å². The van der Waals surface area contributed by atoms with Gasteiger partial charge in [-0.25, -0.2) is 19.9 Å². The summed E-state index contributed by atoms with van der Waals surface area (Å²) in [5.41, 5.74) is 17.2. The molecule has 16 bridgehead atoms. The molecule has 0 atom stereocenters. The second-order valence-electron chi connectivity index (χ2n) is 26.3. The molecular weight excluding hydrogens is 1420 g/mol. The van der Waals surface area contributed by atoms with Crippen molar-refractivity contribution in [2.24, 2.45) is 0 Å². The smallest absolute Gasteiger partial charge is 0.657 e. The maximum Gasteiger partial charge on any atom is 2.00 e. The van der Waals surface area contributed by atoms with Gasteiger partial charge in [0.25, 0.3) is 0 Å². The summed E-state index contributed by atoms with van der Waals surface area (Å²) in [6.07, 6.45) is 14.6. The Balaban J connectivity index is 0.00000431. The zero-order chi connectivity index (χ0) is 70.4. The van der Waals surface area contributed by atoms with Gasteiger partial charge in [-0.1, -0.05) is 218 Å². The van der Waals surface area contributed by atoms with Gasteiger partial charge in [0.2, 0.25) is 11.6 Å². The van der Waals surface area contributed by atoms with Crippen molar-refractivity contribution in [1.29, 1.82) is 0 Å². The van der Waals surface area contributed by atoms with Crippen LogP contribution in [0.15, 0.2) is 230 Å². The summed E-state index contributed by atoms with van der Waals surface area (Å²) in [4.78, 5) is 105. The third-order valence-corrected chi connectivity index (χ3v) is 19.1. The largest absolute Gasteiger partial charge is 2.00 e. The molecular formula is C90H58N8O6Zn2. The fourth-order valence-electron chi connectivity index (χ4n) is 14.7. The summed E-state index contributed by atoms with van der Waals surface area (Å²) in [5.74, 6) is -1.78. The maximum absolute atomic E-state index is 15.4. The Morgan fingerprint density at radius 1 is 0.245 bits per heavy atom. The number of hydrogen-bond acceptors (Lipinski definition) is 10. The average molecular weight is 1480 g/mol. The molecule has 6 aromatic heterocycles. The molecule has 0 saturated carbocycles. The predicted octanol–water partition coefficient (Wildman–Crippen LogP) is 18.9. The normalized spacial score (nSPS) is 13.5. The first-order chi connectivity index (χ1) is 50.9. The van der Waals surface area contributed by atoms with Crippen LogP contribution in [0.25, 0.3) is 160 Å². The van der Waals surface area contributed by atoms with E-state index in [1.807, 2.05) is 246 Å². The number of nitrogens with zero attached hydrogens (tertiary/aromatic N) is 8. The molecule has 4 aliphatic heterocycles. The van der Waals surface area contributed by atoms with Gasteiger partial charge in [0, 0.05) is 33.4 Å². The summed E-state index contributed by atoms with van der Waals surface area (Å²) in [6, 6.07) is 68.9. The Morgan fingerprint density at radius 3 is 0.689 bits per heavy atom. The first-order valence-corrected chi connectivity index (χ1v) is 34.4. The molecule has 106 heavy (non-hydrogen) atoms. The van der Waals surface area contributed by atoms with Crippen molar-refractivity contribution in [2.75, 3.05) is 0 Å². The summed E-state index contributed by atoms with van der Waals surface area (Å²) >= 11 is 0. The molecule has 6 aromatic carbocycles. The number of ketones is 4. The van der Waals surface area contributed by atoms with Crippen LogP contribution in [0.4, 0.5) is 0 Å². The zero-order valence-corrected chi connectivity index (χ0v) is 63.9. The Morgan fingerprint density at radius 2 is 0.443 bits per heavy atom. The zero-order valence-electron chi connectivity index (χ0n) is 58.0. The van der Waals surface area contributed by atoms with Crippen molar-refractivity contribution in [2.45, 2.75) is 39.9 Å². The van der Waals surface area contributed by atoms with Gasteiger partial charge in [-0.15, -0.1) is 44.1 Å². The van der Waals surface area contributed by atoms with Crippen molar-refractivity contribution in [3.8, 4) is 55.6 Å². The van der Waals surface area contributed by atoms with Gasteiger partial charge in [-0.2, -0.15) is 0 Å². The molecule has 0 saturated heterocycles. The Kier molecular flexibility index (Phi) is 17.7. The number of benzene rings is 6. The van der Waals surface area contributed by atoms with Crippen LogP contribution < -0.4 is 19.9 Å². The third-order valence-electron chi connectivity index (χ3n) is 19.1. The molecule has 0 radical (unpaired) electrons. The fraction of sp³-hybridized carbons (Fsp3) is 0.0667. The minimum Gasteiger partial charge on any atom is -0.657 e. The summed E-state index contributed by atoms with van der Waals surface area (Å²) < 4.78 is 12.9. The van der Waals surface area contributed by atoms with E-state index in [4.69, 9.17) is 49.3 Å². The standard InChI is InChI=1S/C90H62N8O6.2Zn/c1-49(2)103-89-83(85(99)55-29-17-19-31-57(55)87(89)101)81-71-45-37-63(95-71)75(51-21-9-5-10-22-51)59-33-41-67(91-59)79(68-42-34-60(92-68)76(52-23-11-6-12-24-52)64-38-46-72(81)96-64)80-69-43-35-61(93-69)77(53-25-13-7-14-26-53)65-39-47-73(97-65)82(84-86(100)56-30-18-20-32-58(56)88(102)90(84)104-50(3)4)74-48-40-66(98-74)78(54-27-15-8-16-28-54)62-36-44-70(80)94-62;;/h5-50H,1-4H3,(H4,91,92,93,94,95,96,97,98,99,100,101,102);;/q;2*+2/p-4. The minimum absolute atomic E-state index is 0. The van der Waals surface area contributed by atoms with Crippen molar-refractivity contribution >= 4 is 127 Å². The van der Waals surface area contributed by atoms with Crippen molar-refractivity contribution < 1.29 is 67.6 Å². The number of Topliss-reactive ketones (excluding diaryl/α,β-unsaturated/α-hetero) is 4. The predicted molar refractivity (Wildman–Crippen MR) is 411 cm³/mol. The molecule has 0 unspecified atom stereocenters. The molecule has 2 aliphatic carbocycles. The molecule has 16 heteroatoms. The van der Waals surface area contributed by atoms with E-state index < -0.39 is 35.3 Å². The molecule has 14 nitrogen and oxygen atoms in total. The number of rotatable bonds is 11. The van der Waals surface area contributed by atoms with Crippen molar-refractivity contribution in [3.63, 3.8) is 0 Å². The SMILES string of the molecule is CC(C)OC1=C(c2c3nc(c(-c4ccccc4)c4ccc([n-]4)c(-c4c5nc(c(-c6ccccc6)c6ccc([n-]6)c(C6=C(OC(C)C)C(=O)c7ccccc7C6=O)c6nc(c(-c7ccccc7)c7ccc4[n-]7)C=C6)C=C5)c4nc(c(-c5ccccc5)c5ccc2[n-]5)C=C4)C=C3)C(=O)c2ccccc2C1=O.[Zn+2].[Zn+2]. The average Bonchev–Trinajstić information content (AvgIpc) is 1.63. The molecule has 10 heterocycles. The van der Waals surface area contributed by atoms with Crippen LogP contribution >= 0.6 is 0 Å². The fourth-order valence-corrected chi connectivity index (χ4v) is 14.7. The van der Waals surface area contributed by atoms with Crippen LogP contribution in [0, 0.1) is 0 Å². The Labute approximate surface area is 634 Å². The van der Waals surface area contributed by atoms with Gasteiger partial charge in [-0.05, 0) is 132 Å². The molecule has 498 valence electrons. The van der Waals surface area contributed by atoms with Crippen molar-refractivity contribution in [3.05, 3.63) is 309 Å². The third kappa shape index (κ3) is 11.7. The number of carbonyl (C=O) groups is 4. The van der Waals surface area contributed by atoms with E-state index >= 15 is 9.59 Å². The first-order valence-electron chi connectivity index (χ1n) is 34.4.